The maximum absolute atomic E-state index is 14.8. The standard InChI is InChI=1S/C79H90N27O35P5/c1-37-20-102(79(113)100-70(37)108)54-15-44(49(132-54)26-124-22-40-12-13-42(125-23-38-8-4-2-5-9-38)43(14-40)126-24-39-10-6-3-7-11-39)137-143(116,117)128-28-51-46(17-56(134-51)104-34-89-61-67(104)93-76(82)97-72(61)110)140-145(120,121)130-30-53-48(19-58(136-53)106-36-91-63-69(106)95-78(84)99-74(63)112)141-146(122,123)131-29-52-47(18-57(135-52)105-35-90-62-68(105)94-77(83)98-73(62)111)139-144(118,119)129-27-50-45(16-55(133-50)103-33-88-59-64(80)85-31-86-65(59)103)138-142(114,115)127-25-41(107)21-101-32-87-60-66(101)92-75(81)96-71(60)109/h2-14,20,31-36,41,44-58,107H,15-19,21-30H2,1H3,(H,114,115)(H,116,117)(H,118,119)(H,120,121)(H,122,123)(H2,80,85,86)(H,100,108,113)(H3,81,92,96,109)(H3,82,93,97,110)(H3,83,94,98,111)(H3,84,95,99,112)/t41-,44-,45-,46-,47-,48-,49+,50+,51+,52+,53+,54+,55+,56+,57+,58+/m0/s1. The van der Waals surface area contributed by atoms with E-state index in [9.17, 15) is 81.2 Å². The summed E-state index contributed by atoms with van der Waals surface area (Å²) in [5.41, 5.74) is 26.0. The number of ether oxygens (including phenoxy) is 8. The van der Waals surface area contributed by atoms with Crippen molar-refractivity contribution in [3.8, 4) is 11.5 Å². The van der Waals surface area contributed by atoms with Gasteiger partial charge in [-0.05, 0) is 35.7 Å². The fourth-order valence-corrected chi connectivity index (χ4v) is 21.7. The summed E-state index contributed by atoms with van der Waals surface area (Å²) >= 11 is 0. The lowest BCUT2D eigenvalue weighted by molar-refractivity contribution is -0.0711. The van der Waals surface area contributed by atoms with Crippen molar-refractivity contribution in [2.75, 3.05) is 68.3 Å². The quantitative estimate of drug-likeness (QED) is 0.0243. The van der Waals surface area contributed by atoms with Crippen LogP contribution in [0.5, 0.6) is 11.5 Å². The first-order valence-electron chi connectivity index (χ1n) is 44.1. The van der Waals surface area contributed by atoms with Crippen LogP contribution in [0, 0.1) is 6.92 Å². The zero-order valence-electron chi connectivity index (χ0n) is 75.6. The van der Waals surface area contributed by atoms with Gasteiger partial charge in [0, 0.05) is 43.9 Å². The number of anilines is 5. The summed E-state index contributed by atoms with van der Waals surface area (Å²) in [7, 11) is -27.8. The van der Waals surface area contributed by atoms with E-state index in [0.717, 1.165) is 56.5 Å². The summed E-state index contributed by atoms with van der Waals surface area (Å²) in [6.45, 7) is -4.35. The topological polar surface area (TPSA) is 856 Å². The van der Waals surface area contributed by atoms with E-state index < -0.39 is 242 Å². The summed E-state index contributed by atoms with van der Waals surface area (Å²) < 4.78 is 186. The molecule has 21 N–H and O–H groups in total. The van der Waals surface area contributed by atoms with Gasteiger partial charge in [0.25, 0.3) is 27.8 Å². The lowest BCUT2D eigenvalue weighted by Gasteiger charge is -2.26. The molecule has 0 radical (unpaired) electrons. The number of hydrogen-bond acceptors (Lipinski definition) is 46. The normalized spacial score (nSPS) is 24.6. The summed E-state index contributed by atoms with van der Waals surface area (Å²) in [4.78, 5) is 193. The van der Waals surface area contributed by atoms with E-state index in [1.807, 2.05) is 60.7 Å². The number of rotatable bonds is 42. The molecular formula is C79H90N27O35P5. The van der Waals surface area contributed by atoms with Gasteiger partial charge in [0.15, 0.2) is 67.6 Å². The van der Waals surface area contributed by atoms with Crippen LogP contribution in [0.3, 0.4) is 0 Å². The first-order valence-corrected chi connectivity index (χ1v) is 51.6. The Bertz CT molecular complexity index is 7870. The van der Waals surface area contributed by atoms with Crippen LogP contribution in [0.1, 0.15) is 85.5 Å². The number of benzene rings is 3. The molecule has 14 aromatic rings. The first kappa shape index (κ1) is 102. The molecule has 21 atom stereocenters. The molecule has 3 aromatic carbocycles. The SMILES string of the molecule is Cc1cn([C@H]2C[C@H](OP(=O)(O)OC[C@H]3O[C@@H](n4cnc5c(=O)[nH]c(N)nc54)C[C@@H]3OP(=O)(O)OC[C@H]3O[C@@H](n4cnc5c(=O)[nH]c(N)nc54)C[C@@H]3OP(=O)(O)OC[C@H]3O[C@@H](n4cnc5c(=O)[nH]c(N)nc54)C[C@@H]3OP(=O)(O)OC[C@H]3O[C@@H](n4cnc5c(N)ncnc54)C[C@@H]3OP(=O)(O)OC[C@@H](O)Cn3cnc4c(=O)[nH]c(N)nc43)[C@@H](COCc3ccc(OCc4ccccc4)c(OCc4ccccc4)c3)O2)c(=O)[nH]c1=O. The van der Waals surface area contributed by atoms with Gasteiger partial charge in [0.05, 0.1) is 90.5 Å². The van der Waals surface area contributed by atoms with Gasteiger partial charge >= 0.3 is 44.8 Å². The molecule has 0 spiro atoms. The lowest BCUT2D eigenvalue weighted by Crippen LogP contribution is -2.33. The molecule has 776 valence electrons. The highest BCUT2D eigenvalue weighted by atomic mass is 31.2. The van der Waals surface area contributed by atoms with Crippen LogP contribution in [0.4, 0.5) is 29.6 Å². The molecule has 5 aliphatic heterocycles. The average molecular weight is 2130 g/mol. The fraction of sp³-hybridized carbons (Fsp3) is 0.405. The number of phosphoric ester groups is 5. The van der Waals surface area contributed by atoms with Crippen LogP contribution in [-0.2, 0) is 123 Å². The molecule has 0 amide bonds. The first-order chi connectivity index (χ1) is 69.7. The van der Waals surface area contributed by atoms with Gasteiger partial charge in [-0.2, -0.15) is 19.9 Å². The predicted octanol–water partition coefficient (Wildman–Crippen LogP) is 1.81. The van der Waals surface area contributed by atoms with E-state index in [-0.39, 0.29) is 118 Å². The molecule has 5 fully saturated rings. The minimum atomic E-state index is -5.71. The number of imidazole rings is 5. The third-order valence-electron chi connectivity index (χ3n) is 23.7. The van der Waals surface area contributed by atoms with Crippen molar-refractivity contribution in [2.24, 2.45) is 0 Å². The number of aliphatic hydroxyl groups is 1. The Morgan fingerprint density at radius 2 is 0.747 bits per heavy atom. The number of aryl methyl sites for hydroxylation is 1. The Hall–Kier alpha value is -12.8. The smallest absolute Gasteiger partial charge is 0.472 e. The van der Waals surface area contributed by atoms with Gasteiger partial charge in [0.2, 0.25) is 23.8 Å². The third kappa shape index (κ3) is 23.1. The number of nitrogens with two attached hydrogens (primary N) is 5. The van der Waals surface area contributed by atoms with Crippen molar-refractivity contribution in [2.45, 2.75) is 164 Å². The van der Waals surface area contributed by atoms with Gasteiger partial charge in [-0.1, -0.05) is 66.7 Å². The van der Waals surface area contributed by atoms with Crippen molar-refractivity contribution < 1.29 is 136 Å². The molecule has 0 saturated carbocycles. The Labute approximate surface area is 814 Å². The van der Waals surface area contributed by atoms with Crippen molar-refractivity contribution >= 4 is 125 Å². The Morgan fingerprint density at radius 3 is 1.16 bits per heavy atom. The number of hydrogen-bond donors (Lipinski definition) is 16. The maximum Gasteiger partial charge on any atom is 0.472 e. The number of phosphoric acid groups is 5. The zero-order valence-corrected chi connectivity index (χ0v) is 80.1. The minimum Gasteiger partial charge on any atom is -0.485 e. The number of fused-ring (bicyclic) bond motifs is 5. The van der Waals surface area contributed by atoms with E-state index in [1.165, 1.54) is 33.1 Å². The highest BCUT2D eigenvalue weighted by molar-refractivity contribution is 7.48. The summed E-state index contributed by atoms with van der Waals surface area (Å²) in [5.74, 6) is -0.716. The number of nitrogen functional groups attached to an aromatic ring is 5. The third-order valence-corrected chi connectivity index (χ3v) is 28.7. The second-order valence-corrected chi connectivity index (χ2v) is 40.8. The van der Waals surface area contributed by atoms with Crippen LogP contribution in [0.25, 0.3) is 55.8 Å². The molecule has 0 aliphatic carbocycles. The molecular weight excluding hydrogens is 2040 g/mol. The van der Waals surface area contributed by atoms with E-state index in [1.54, 1.807) is 18.2 Å². The van der Waals surface area contributed by atoms with Crippen molar-refractivity contribution in [3.63, 3.8) is 0 Å². The number of H-pyrrole nitrogens is 5. The summed E-state index contributed by atoms with van der Waals surface area (Å²) in [5, 5.41) is 11.0. The van der Waals surface area contributed by atoms with Crippen LogP contribution in [-0.4, -0.2) is 244 Å². The molecule has 11 aromatic heterocycles. The van der Waals surface area contributed by atoms with E-state index in [4.69, 9.17) is 112 Å². The number of nitrogens with zero attached hydrogens (tertiary/aromatic N) is 17. The molecule has 5 saturated heterocycles. The molecule has 5 aliphatic rings. The predicted molar refractivity (Wildman–Crippen MR) is 496 cm³/mol. The van der Waals surface area contributed by atoms with Gasteiger partial charge in [-0.25, -0.2) is 62.5 Å². The zero-order chi connectivity index (χ0) is 103. The second-order valence-electron chi connectivity index (χ2n) is 33.8. The molecule has 146 heavy (non-hydrogen) atoms. The van der Waals surface area contributed by atoms with Crippen molar-refractivity contribution in [1.82, 2.24) is 107 Å². The van der Waals surface area contributed by atoms with Gasteiger partial charge in [0.1, 0.15) is 117 Å². The van der Waals surface area contributed by atoms with Crippen LogP contribution < -0.4 is 71.6 Å². The lowest BCUT2D eigenvalue weighted by atomic mass is 10.2. The number of aromatic nitrogens is 22. The van der Waals surface area contributed by atoms with Crippen molar-refractivity contribution in [3.05, 3.63) is 208 Å². The van der Waals surface area contributed by atoms with Gasteiger partial charge in [-0.3, -0.25) is 117 Å². The van der Waals surface area contributed by atoms with Crippen LogP contribution in [0.2, 0.25) is 0 Å². The Morgan fingerprint density at radius 1 is 0.390 bits per heavy atom. The number of aromatic amines is 5. The fourth-order valence-electron chi connectivity index (χ4n) is 16.9. The molecule has 67 heteroatoms. The van der Waals surface area contributed by atoms with Gasteiger partial charge < -0.3 is 101 Å². The molecule has 16 heterocycles. The summed E-state index contributed by atoms with van der Waals surface area (Å²) in [6, 6.07) is 24.0. The molecule has 0 bridgehead atoms. The Kier molecular flexibility index (Phi) is 29.2. The van der Waals surface area contributed by atoms with E-state index in [0.29, 0.717) is 17.1 Å². The highest BCUT2D eigenvalue weighted by Crippen LogP contribution is 2.57. The average Bonchev–Trinajstić information content (AvgIpc) is 1.63. The number of nitrogens with one attached hydrogen (secondary N) is 5. The monoisotopic (exact) mass is 2130 g/mol. The minimum absolute atomic E-state index is 0.0413. The highest BCUT2D eigenvalue weighted by Gasteiger charge is 2.52. The van der Waals surface area contributed by atoms with E-state index >= 15 is 0 Å². The molecule has 62 nitrogen and oxygen atoms in total. The molecule has 5 unspecified atom stereocenters. The second kappa shape index (κ2) is 41.8. The van der Waals surface area contributed by atoms with Crippen LogP contribution >= 0.6 is 39.1 Å². The number of aliphatic hydroxyl groups excluding tert-OH is 1. The van der Waals surface area contributed by atoms with Crippen molar-refractivity contribution in [1.29, 1.82) is 0 Å². The van der Waals surface area contributed by atoms with Crippen LogP contribution in [0.15, 0.2) is 152 Å². The largest absolute Gasteiger partial charge is 0.485 e. The Balaban J connectivity index is 0.547. The van der Waals surface area contributed by atoms with E-state index in [2.05, 4.69) is 79.7 Å². The maximum atomic E-state index is 14.8. The van der Waals surface area contributed by atoms with Gasteiger partial charge in [-0.15, -0.1) is 0 Å². The summed E-state index contributed by atoms with van der Waals surface area (Å²) in [6.07, 6.45) is -19.5. The molecule has 19 rings (SSSR count).